The van der Waals surface area contributed by atoms with Crippen LogP contribution in [0.1, 0.15) is 13.3 Å². The van der Waals surface area contributed by atoms with Crippen molar-refractivity contribution in [2.24, 2.45) is 0 Å². The monoisotopic (exact) mass is 247 g/mol. The van der Waals surface area contributed by atoms with Gasteiger partial charge in [-0.05, 0) is 13.0 Å². The summed E-state index contributed by atoms with van der Waals surface area (Å²) < 4.78 is 0.805. The van der Waals surface area contributed by atoms with Crippen LogP contribution in [-0.4, -0.2) is 39.6 Å². The van der Waals surface area contributed by atoms with E-state index in [-0.39, 0.29) is 0 Å². The molecule has 84 valence electrons. The number of carboxylic acids is 1. The van der Waals surface area contributed by atoms with Crippen LogP contribution < -0.4 is 5.32 Å². The lowest BCUT2D eigenvalue weighted by atomic mass is 10.3. The molecule has 0 aliphatic carbocycles. The van der Waals surface area contributed by atoms with E-state index in [1.807, 2.05) is 6.92 Å². The lowest BCUT2D eigenvalue weighted by Crippen LogP contribution is -2.39. The second-order valence-electron chi connectivity index (χ2n) is 2.86. The van der Waals surface area contributed by atoms with Gasteiger partial charge in [0, 0.05) is 5.75 Å². The van der Waals surface area contributed by atoms with Crippen LogP contribution in [0.5, 0.6) is 0 Å². The SMILES string of the molecule is CCCNC(CSc1nncs1)C(=O)O. The van der Waals surface area contributed by atoms with Crippen molar-refractivity contribution in [2.45, 2.75) is 23.7 Å². The zero-order chi connectivity index (χ0) is 11.1. The highest BCUT2D eigenvalue weighted by molar-refractivity contribution is 8.01. The maximum Gasteiger partial charge on any atom is 0.321 e. The number of rotatable bonds is 7. The fourth-order valence-corrected chi connectivity index (χ4v) is 2.48. The summed E-state index contributed by atoms with van der Waals surface area (Å²) in [7, 11) is 0. The van der Waals surface area contributed by atoms with Gasteiger partial charge in [-0.3, -0.25) is 4.79 Å². The molecule has 1 atom stereocenters. The molecule has 0 saturated carbocycles. The average molecular weight is 247 g/mol. The average Bonchev–Trinajstić information content (AvgIpc) is 2.70. The standard InChI is InChI=1S/C8H13N3O2S2/c1-2-3-9-6(7(12)13)4-14-8-11-10-5-15-8/h5-6,9H,2-4H2,1H3,(H,12,13). The van der Waals surface area contributed by atoms with E-state index in [1.165, 1.54) is 23.1 Å². The first-order valence-corrected chi connectivity index (χ1v) is 6.45. The molecule has 5 nitrogen and oxygen atoms in total. The van der Waals surface area contributed by atoms with Gasteiger partial charge in [-0.1, -0.05) is 30.0 Å². The molecule has 1 unspecified atom stereocenters. The van der Waals surface area contributed by atoms with Gasteiger partial charge in [0.05, 0.1) is 0 Å². The second kappa shape index (κ2) is 6.76. The predicted octanol–water partition coefficient (Wildman–Crippen LogP) is 1.08. The Hall–Kier alpha value is -0.660. The van der Waals surface area contributed by atoms with E-state index in [4.69, 9.17) is 5.11 Å². The highest BCUT2D eigenvalue weighted by Crippen LogP contribution is 2.19. The minimum absolute atomic E-state index is 0.477. The smallest absolute Gasteiger partial charge is 0.321 e. The molecule has 0 bridgehead atoms. The van der Waals surface area contributed by atoms with Gasteiger partial charge in [0.15, 0.2) is 4.34 Å². The summed E-state index contributed by atoms with van der Waals surface area (Å²) >= 11 is 2.84. The number of carbonyl (C=O) groups is 1. The van der Waals surface area contributed by atoms with Crippen molar-refractivity contribution in [3.05, 3.63) is 5.51 Å². The molecule has 0 spiro atoms. The van der Waals surface area contributed by atoms with Gasteiger partial charge in [-0.25, -0.2) is 0 Å². The molecule has 0 fully saturated rings. The Kier molecular flexibility index (Phi) is 5.59. The van der Waals surface area contributed by atoms with Gasteiger partial charge in [0.25, 0.3) is 0 Å². The van der Waals surface area contributed by atoms with Crippen molar-refractivity contribution in [2.75, 3.05) is 12.3 Å². The summed E-state index contributed by atoms with van der Waals surface area (Å²) in [5.41, 5.74) is 1.64. The van der Waals surface area contributed by atoms with Gasteiger partial charge in [-0.2, -0.15) is 0 Å². The Morgan fingerprint density at radius 1 is 1.80 bits per heavy atom. The third-order valence-corrected chi connectivity index (χ3v) is 3.61. The van der Waals surface area contributed by atoms with E-state index < -0.39 is 12.0 Å². The topological polar surface area (TPSA) is 75.1 Å². The molecular weight excluding hydrogens is 234 g/mol. The molecule has 7 heteroatoms. The van der Waals surface area contributed by atoms with Crippen LogP contribution in [0.15, 0.2) is 9.85 Å². The van der Waals surface area contributed by atoms with Gasteiger partial charge in [-0.15, -0.1) is 10.2 Å². The Morgan fingerprint density at radius 3 is 3.13 bits per heavy atom. The summed E-state index contributed by atoms with van der Waals surface area (Å²) in [6.07, 6.45) is 0.924. The summed E-state index contributed by atoms with van der Waals surface area (Å²) in [5, 5.41) is 19.4. The zero-order valence-electron chi connectivity index (χ0n) is 8.34. The maximum atomic E-state index is 10.9. The molecule has 15 heavy (non-hydrogen) atoms. The first-order chi connectivity index (χ1) is 7.24. The van der Waals surface area contributed by atoms with Crippen LogP contribution in [-0.2, 0) is 4.79 Å². The van der Waals surface area contributed by atoms with Crippen LogP contribution in [0.3, 0.4) is 0 Å². The van der Waals surface area contributed by atoms with Crippen molar-refractivity contribution >= 4 is 29.1 Å². The molecule has 0 saturated heterocycles. The fraction of sp³-hybridized carbons (Fsp3) is 0.625. The molecule has 1 rings (SSSR count). The lowest BCUT2D eigenvalue weighted by Gasteiger charge is -2.11. The van der Waals surface area contributed by atoms with E-state index in [1.54, 1.807) is 5.51 Å². The third-order valence-electron chi connectivity index (χ3n) is 1.65. The fourth-order valence-electron chi connectivity index (χ4n) is 0.917. The summed E-state index contributed by atoms with van der Waals surface area (Å²) in [5.74, 6) is -0.342. The van der Waals surface area contributed by atoms with Crippen LogP contribution in [0.25, 0.3) is 0 Å². The first-order valence-electron chi connectivity index (χ1n) is 4.59. The largest absolute Gasteiger partial charge is 0.480 e. The molecule has 0 aliphatic heterocycles. The number of nitrogens with one attached hydrogen (secondary N) is 1. The van der Waals surface area contributed by atoms with Crippen LogP contribution in [0.4, 0.5) is 0 Å². The van der Waals surface area contributed by atoms with E-state index in [9.17, 15) is 4.79 Å². The van der Waals surface area contributed by atoms with Gasteiger partial charge in [0.2, 0.25) is 0 Å². The molecule has 1 heterocycles. The van der Waals surface area contributed by atoms with Crippen molar-refractivity contribution < 1.29 is 9.90 Å². The number of hydrogen-bond donors (Lipinski definition) is 2. The predicted molar refractivity (Wildman–Crippen MR) is 60.4 cm³/mol. The van der Waals surface area contributed by atoms with E-state index in [0.29, 0.717) is 12.3 Å². The number of nitrogens with zero attached hydrogens (tertiary/aromatic N) is 2. The van der Waals surface area contributed by atoms with Gasteiger partial charge in [0.1, 0.15) is 11.6 Å². The molecule has 0 radical (unpaired) electrons. The molecule has 1 aromatic heterocycles. The number of aromatic nitrogens is 2. The first kappa shape index (κ1) is 12.4. The molecule has 2 N–H and O–H groups in total. The highest BCUT2D eigenvalue weighted by atomic mass is 32.2. The summed E-state index contributed by atoms with van der Waals surface area (Å²) in [6, 6.07) is -0.515. The Labute approximate surface area is 96.3 Å². The summed E-state index contributed by atoms with van der Waals surface area (Å²) in [4.78, 5) is 10.9. The van der Waals surface area contributed by atoms with Crippen molar-refractivity contribution in [1.82, 2.24) is 15.5 Å². The quantitative estimate of drug-likeness (QED) is 0.702. The normalized spacial score (nSPS) is 12.6. The number of carboxylic acid groups (broad SMARTS) is 1. The van der Waals surface area contributed by atoms with Crippen molar-refractivity contribution in [3.63, 3.8) is 0 Å². The molecular formula is C8H13N3O2S2. The van der Waals surface area contributed by atoms with Gasteiger partial charge < -0.3 is 10.4 Å². The number of thioether (sulfide) groups is 1. The van der Waals surface area contributed by atoms with Gasteiger partial charge >= 0.3 is 5.97 Å². The lowest BCUT2D eigenvalue weighted by molar-refractivity contribution is -0.138. The highest BCUT2D eigenvalue weighted by Gasteiger charge is 2.16. The minimum atomic E-state index is -0.819. The molecule has 0 aliphatic rings. The van der Waals surface area contributed by atoms with Crippen molar-refractivity contribution in [3.8, 4) is 0 Å². The third kappa shape index (κ3) is 4.59. The molecule has 1 aromatic rings. The van der Waals surface area contributed by atoms with Crippen LogP contribution in [0, 0.1) is 0 Å². The van der Waals surface area contributed by atoms with E-state index in [2.05, 4.69) is 15.5 Å². The number of aliphatic carboxylic acids is 1. The molecule has 0 amide bonds. The molecule has 0 aromatic carbocycles. The Morgan fingerprint density at radius 2 is 2.60 bits per heavy atom. The van der Waals surface area contributed by atoms with Crippen molar-refractivity contribution in [1.29, 1.82) is 0 Å². The zero-order valence-corrected chi connectivity index (χ0v) is 9.98. The summed E-state index contributed by atoms with van der Waals surface area (Å²) in [6.45, 7) is 2.72. The maximum absolute atomic E-state index is 10.9. The van der Waals surface area contributed by atoms with E-state index >= 15 is 0 Å². The Bertz CT molecular complexity index is 292. The van der Waals surface area contributed by atoms with Crippen LogP contribution in [0.2, 0.25) is 0 Å². The van der Waals surface area contributed by atoms with Crippen LogP contribution >= 0.6 is 23.1 Å². The Balaban J connectivity index is 2.34. The minimum Gasteiger partial charge on any atom is -0.480 e. The van der Waals surface area contributed by atoms with E-state index in [0.717, 1.165) is 10.8 Å². The second-order valence-corrected chi connectivity index (χ2v) is 4.96. The number of hydrogen-bond acceptors (Lipinski definition) is 6.